The monoisotopic (exact) mass is 473 g/mol. The van der Waals surface area contributed by atoms with Crippen LogP contribution >= 0.6 is 0 Å². The summed E-state index contributed by atoms with van der Waals surface area (Å²) in [6, 6.07) is 7.17. The number of amides is 1. The second-order valence-electron chi connectivity index (χ2n) is 9.24. The van der Waals surface area contributed by atoms with Gasteiger partial charge in [-0.2, -0.15) is 0 Å². The molecular weight excluding hydrogens is 434 g/mol. The zero-order chi connectivity index (χ0) is 24.1. The predicted octanol–water partition coefficient (Wildman–Crippen LogP) is -1.77. The first-order valence-corrected chi connectivity index (χ1v) is 12.0. The van der Waals surface area contributed by atoms with Gasteiger partial charge < -0.3 is 43.0 Å². The van der Waals surface area contributed by atoms with Crippen LogP contribution in [0.4, 0.5) is 0 Å². The Bertz CT molecular complexity index is 766. The van der Waals surface area contributed by atoms with Crippen molar-refractivity contribution in [3.8, 4) is 0 Å². The molecule has 3 fully saturated rings. The van der Waals surface area contributed by atoms with Gasteiger partial charge in [0.1, 0.15) is 0 Å². The fourth-order valence-electron chi connectivity index (χ4n) is 4.22. The predicted molar refractivity (Wildman–Crippen MR) is 134 cm³/mol. The lowest BCUT2D eigenvalue weighted by atomic mass is 9.97. The molecule has 0 aliphatic carbocycles. The van der Waals surface area contributed by atoms with Crippen molar-refractivity contribution in [2.24, 2.45) is 10.8 Å². The van der Waals surface area contributed by atoms with Crippen molar-refractivity contribution < 1.29 is 4.79 Å². The molecule has 1 aromatic rings. The van der Waals surface area contributed by atoms with Gasteiger partial charge >= 0.3 is 0 Å². The number of hydrogen-bond acceptors (Lipinski definition) is 9. The number of rotatable bonds is 4. The first-order valence-electron chi connectivity index (χ1n) is 12.0. The van der Waals surface area contributed by atoms with Crippen molar-refractivity contribution in [1.29, 1.82) is 0 Å². The van der Waals surface area contributed by atoms with E-state index in [1.54, 1.807) is 12.1 Å². The Kier molecular flexibility index (Phi) is 10.5. The maximum Gasteiger partial charge on any atom is 0.251 e. The quantitative estimate of drug-likeness (QED) is 0.144. The maximum absolute atomic E-state index is 13.2. The second kappa shape index (κ2) is 13.6. The van der Waals surface area contributed by atoms with Gasteiger partial charge in [-0.3, -0.25) is 4.79 Å². The molecule has 9 N–H and O–H groups in total. The highest BCUT2D eigenvalue weighted by Crippen LogP contribution is 2.10. The number of carbonyl (C=O) groups is 1. The third-order valence-corrected chi connectivity index (χ3v) is 6.17. The smallest absolute Gasteiger partial charge is 0.251 e. The lowest BCUT2D eigenvalue weighted by molar-refractivity contribution is 0.0893. The van der Waals surface area contributed by atoms with Gasteiger partial charge in [-0.1, -0.05) is 17.2 Å². The molecule has 3 aliphatic rings. The van der Waals surface area contributed by atoms with E-state index in [0.29, 0.717) is 44.8 Å². The highest BCUT2D eigenvalue weighted by atomic mass is 16.1. The van der Waals surface area contributed by atoms with E-state index in [1.165, 1.54) is 0 Å². The average Bonchev–Trinajstić information content (AvgIpc) is 2.84. The Morgan fingerprint density at radius 3 is 1.74 bits per heavy atom. The molecule has 0 radical (unpaired) electrons. The Balaban J connectivity index is 1.74. The van der Waals surface area contributed by atoms with Crippen molar-refractivity contribution >= 4 is 5.91 Å². The zero-order valence-electron chi connectivity index (χ0n) is 19.8. The largest absolute Gasteiger partial charge is 0.343 e. The van der Waals surface area contributed by atoms with Crippen molar-refractivity contribution in [2.75, 3.05) is 78.5 Å². The van der Waals surface area contributed by atoms with E-state index in [1.807, 2.05) is 12.1 Å². The Hall–Kier alpha value is -2.28. The number of nitrogens with zero attached hydrogens (tertiary/aromatic N) is 3. The van der Waals surface area contributed by atoms with E-state index >= 15 is 0 Å². The molecule has 1 aromatic carbocycles. The standard InChI is InChI=1S/C22H39N11O/c23-21-12-25-5-8-28-15-22(16-29-9-6-26-13-21,17-30-10-7-27-14-21)32-20(34)19-3-1-18(2-4-19)11-31-33-24/h1-4,25-30H,5-17,23H2,(H,32,34). The lowest BCUT2D eigenvalue weighted by Gasteiger charge is -2.37. The van der Waals surface area contributed by atoms with Crippen molar-refractivity contribution in [2.45, 2.75) is 17.6 Å². The minimum atomic E-state index is -0.521. The molecule has 0 atom stereocenters. The van der Waals surface area contributed by atoms with Crippen LogP contribution in [-0.2, 0) is 6.54 Å². The van der Waals surface area contributed by atoms with Crippen LogP contribution < -0.4 is 43.0 Å². The van der Waals surface area contributed by atoms with Crippen LogP contribution in [0.15, 0.2) is 29.4 Å². The molecular formula is C22H39N11O. The third-order valence-electron chi connectivity index (χ3n) is 6.17. The summed E-state index contributed by atoms with van der Waals surface area (Å²) >= 11 is 0. The van der Waals surface area contributed by atoms with Gasteiger partial charge in [-0.05, 0) is 23.2 Å². The van der Waals surface area contributed by atoms with Crippen LogP contribution in [0.5, 0.6) is 0 Å². The average molecular weight is 474 g/mol. The first-order chi connectivity index (χ1) is 16.5. The summed E-state index contributed by atoms with van der Waals surface area (Å²) in [5.74, 6) is -0.134. The molecule has 0 aromatic heterocycles. The van der Waals surface area contributed by atoms with E-state index in [2.05, 4.69) is 47.2 Å². The lowest BCUT2D eigenvalue weighted by Crippen LogP contribution is -2.67. The third kappa shape index (κ3) is 8.49. The van der Waals surface area contributed by atoms with Crippen LogP contribution in [0.1, 0.15) is 15.9 Å². The summed E-state index contributed by atoms with van der Waals surface area (Å²) in [6.07, 6.45) is 0. The minimum absolute atomic E-state index is 0.134. The Morgan fingerprint density at radius 2 is 1.29 bits per heavy atom. The van der Waals surface area contributed by atoms with Crippen LogP contribution in [0.3, 0.4) is 0 Å². The summed E-state index contributed by atoms with van der Waals surface area (Å²) in [4.78, 5) is 16.0. The fourth-order valence-corrected chi connectivity index (χ4v) is 4.22. The number of carbonyl (C=O) groups excluding carboxylic acids is 1. The van der Waals surface area contributed by atoms with Crippen molar-refractivity contribution in [3.05, 3.63) is 45.8 Å². The van der Waals surface area contributed by atoms with Gasteiger partial charge in [0.15, 0.2) is 0 Å². The van der Waals surface area contributed by atoms with Crippen LogP contribution in [0.2, 0.25) is 0 Å². The van der Waals surface area contributed by atoms with Gasteiger partial charge in [0.25, 0.3) is 5.91 Å². The van der Waals surface area contributed by atoms with E-state index in [-0.39, 0.29) is 18.0 Å². The van der Waals surface area contributed by atoms with E-state index < -0.39 is 5.54 Å². The van der Waals surface area contributed by atoms with Gasteiger partial charge in [-0.15, -0.1) is 0 Å². The number of benzene rings is 1. The van der Waals surface area contributed by atoms with Crippen LogP contribution in [0, 0.1) is 0 Å². The normalized spacial score (nSPS) is 27.7. The van der Waals surface area contributed by atoms with Crippen LogP contribution in [0.25, 0.3) is 10.4 Å². The Morgan fingerprint density at radius 1 is 0.853 bits per heavy atom. The van der Waals surface area contributed by atoms with Gasteiger partial charge in [-0.25, -0.2) is 0 Å². The molecule has 2 bridgehead atoms. The van der Waals surface area contributed by atoms with E-state index in [0.717, 1.165) is 44.8 Å². The molecule has 0 saturated carbocycles. The SMILES string of the molecule is [N-]=[N+]=NCc1ccc(C(=O)NC23CNCCNCC(N)(CNCCNC2)CNCCNC3)cc1. The van der Waals surface area contributed by atoms with E-state index in [9.17, 15) is 4.79 Å². The molecule has 3 aliphatic heterocycles. The Labute approximate surface area is 201 Å². The van der Waals surface area contributed by atoms with Gasteiger partial charge in [0.2, 0.25) is 0 Å². The van der Waals surface area contributed by atoms with Crippen molar-refractivity contribution in [1.82, 2.24) is 37.2 Å². The number of nitrogens with one attached hydrogen (secondary N) is 7. The number of nitrogens with two attached hydrogens (primary N) is 1. The number of azide groups is 1. The minimum Gasteiger partial charge on any atom is -0.343 e. The molecule has 1 amide bonds. The topological polar surface area (TPSA) is 176 Å². The molecule has 0 spiro atoms. The van der Waals surface area contributed by atoms with Crippen LogP contribution in [-0.4, -0.2) is 95.5 Å². The highest BCUT2D eigenvalue weighted by molar-refractivity contribution is 5.94. The molecule has 12 heteroatoms. The zero-order valence-corrected chi connectivity index (χ0v) is 19.8. The number of hydrogen-bond donors (Lipinski definition) is 8. The summed E-state index contributed by atoms with van der Waals surface area (Å²) in [5, 5.41) is 27.8. The number of fused-ring (bicyclic) bond motifs is 15. The fraction of sp³-hybridized carbons (Fsp3) is 0.682. The first kappa shape index (κ1) is 26.3. The summed E-state index contributed by atoms with van der Waals surface area (Å²) < 4.78 is 0. The molecule has 3 saturated heterocycles. The highest BCUT2D eigenvalue weighted by Gasteiger charge is 2.32. The van der Waals surface area contributed by atoms with Gasteiger partial charge in [0, 0.05) is 89.0 Å². The molecule has 4 rings (SSSR count). The van der Waals surface area contributed by atoms with Gasteiger partial charge in [0.05, 0.1) is 17.6 Å². The van der Waals surface area contributed by atoms with E-state index in [4.69, 9.17) is 11.3 Å². The molecule has 34 heavy (non-hydrogen) atoms. The molecule has 188 valence electrons. The molecule has 12 nitrogen and oxygen atoms in total. The second-order valence-corrected chi connectivity index (χ2v) is 9.24. The molecule has 0 unspecified atom stereocenters. The maximum atomic E-state index is 13.2. The summed E-state index contributed by atoms with van der Waals surface area (Å²) in [6.45, 7) is 8.92. The molecule has 3 heterocycles. The van der Waals surface area contributed by atoms with Crippen molar-refractivity contribution in [3.63, 3.8) is 0 Å². The summed E-state index contributed by atoms with van der Waals surface area (Å²) in [5.41, 5.74) is 15.7. The summed E-state index contributed by atoms with van der Waals surface area (Å²) in [7, 11) is 0.